The molecule has 0 aromatic heterocycles. The van der Waals surface area contributed by atoms with Crippen molar-refractivity contribution in [3.63, 3.8) is 0 Å². The number of halogens is 1. The molecule has 0 bridgehead atoms. The Morgan fingerprint density at radius 2 is 2.27 bits per heavy atom. The zero-order valence-corrected chi connectivity index (χ0v) is 14.3. The van der Waals surface area contributed by atoms with Crippen LogP contribution >= 0.6 is 11.6 Å². The Kier molecular flexibility index (Phi) is 6.05. The molecule has 6 nitrogen and oxygen atoms in total. The highest BCUT2D eigenvalue weighted by atomic mass is 35.5. The van der Waals surface area contributed by atoms with Gasteiger partial charge in [-0.1, -0.05) is 11.6 Å². The van der Waals surface area contributed by atoms with E-state index in [9.17, 15) is 8.42 Å². The van der Waals surface area contributed by atoms with E-state index in [2.05, 4.69) is 9.62 Å². The minimum Gasteiger partial charge on any atom is -0.495 e. The van der Waals surface area contributed by atoms with E-state index in [1.165, 1.54) is 19.2 Å². The van der Waals surface area contributed by atoms with Crippen LogP contribution in [0.1, 0.15) is 6.42 Å². The van der Waals surface area contributed by atoms with Gasteiger partial charge in [0.2, 0.25) is 10.0 Å². The number of morpholine rings is 1. The van der Waals surface area contributed by atoms with Crippen LogP contribution in [0, 0.1) is 0 Å². The van der Waals surface area contributed by atoms with Crippen molar-refractivity contribution in [2.75, 3.05) is 40.4 Å². The first-order valence-electron chi connectivity index (χ1n) is 7.06. The van der Waals surface area contributed by atoms with Gasteiger partial charge in [0.15, 0.2) is 0 Å². The SMILES string of the molecule is COc1ccc(Cl)cc1S(=O)(=O)NCCC1CN(C)CCO1. The lowest BCUT2D eigenvalue weighted by molar-refractivity contribution is -0.0222. The number of nitrogens with zero attached hydrogens (tertiary/aromatic N) is 1. The topological polar surface area (TPSA) is 67.9 Å². The van der Waals surface area contributed by atoms with Crippen LogP contribution in [-0.4, -0.2) is 59.8 Å². The quantitative estimate of drug-likeness (QED) is 0.840. The highest BCUT2D eigenvalue weighted by molar-refractivity contribution is 7.89. The lowest BCUT2D eigenvalue weighted by Gasteiger charge is -2.30. The lowest BCUT2D eigenvalue weighted by Crippen LogP contribution is -2.41. The molecule has 1 aliphatic heterocycles. The zero-order chi connectivity index (χ0) is 16.2. The smallest absolute Gasteiger partial charge is 0.244 e. The van der Waals surface area contributed by atoms with Crippen LogP contribution in [0.4, 0.5) is 0 Å². The van der Waals surface area contributed by atoms with Crippen molar-refractivity contribution in [1.82, 2.24) is 9.62 Å². The molecule has 22 heavy (non-hydrogen) atoms. The van der Waals surface area contributed by atoms with Crippen molar-refractivity contribution in [2.24, 2.45) is 0 Å². The number of likely N-dealkylation sites (N-methyl/N-ethyl adjacent to an activating group) is 1. The zero-order valence-electron chi connectivity index (χ0n) is 12.7. The third-order valence-corrected chi connectivity index (χ3v) is 5.23. The summed E-state index contributed by atoms with van der Waals surface area (Å²) in [5.74, 6) is 0.269. The first-order valence-corrected chi connectivity index (χ1v) is 8.92. The number of hydrogen-bond donors (Lipinski definition) is 1. The van der Waals surface area contributed by atoms with Crippen molar-refractivity contribution in [3.8, 4) is 5.75 Å². The van der Waals surface area contributed by atoms with Gasteiger partial charge in [-0.3, -0.25) is 0 Å². The fourth-order valence-corrected chi connectivity index (χ4v) is 3.81. The maximum absolute atomic E-state index is 12.4. The average Bonchev–Trinajstić information content (AvgIpc) is 2.47. The molecule has 1 heterocycles. The van der Waals surface area contributed by atoms with Gasteiger partial charge < -0.3 is 14.4 Å². The minimum atomic E-state index is -3.67. The molecule has 0 radical (unpaired) electrons. The molecule has 1 atom stereocenters. The van der Waals surface area contributed by atoms with Gasteiger partial charge in [0.1, 0.15) is 10.6 Å². The van der Waals surface area contributed by atoms with Gasteiger partial charge in [-0.15, -0.1) is 0 Å². The summed E-state index contributed by atoms with van der Waals surface area (Å²) in [7, 11) is -0.220. The van der Waals surface area contributed by atoms with Crippen LogP contribution in [0.2, 0.25) is 5.02 Å². The fraction of sp³-hybridized carbons (Fsp3) is 0.571. The molecular weight excluding hydrogens is 328 g/mol. The Bertz CT molecular complexity index is 609. The van der Waals surface area contributed by atoms with Crippen molar-refractivity contribution in [3.05, 3.63) is 23.2 Å². The standard InChI is InChI=1S/C14H21ClN2O4S/c1-17-7-8-21-12(10-17)5-6-16-22(18,19)14-9-11(15)3-4-13(14)20-2/h3-4,9,12,16H,5-8,10H2,1-2H3. The summed E-state index contributed by atoms with van der Waals surface area (Å²) >= 11 is 5.88. The number of nitrogens with one attached hydrogen (secondary N) is 1. The summed E-state index contributed by atoms with van der Waals surface area (Å²) in [4.78, 5) is 2.21. The van der Waals surface area contributed by atoms with Crippen LogP contribution in [0.25, 0.3) is 0 Å². The van der Waals surface area contributed by atoms with Gasteiger partial charge >= 0.3 is 0 Å². The van der Waals surface area contributed by atoms with E-state index in [0.29, 0.717) is 24.6 Å². The van der Waals surface area contributed by atoms with E-state index in [1.807, 2.05) is 7.05 Å². The molecule has 1 N–H and O–H groups in total. The predicted molar refractivity (Wildman–Crippen MR) is 85.0 cm³/mol. The van der Waals surface area contributed by atoms with E-state index >= 15 is 0 Å². The number of ether oxygens (including phenoxy) is 2. The third kappa shape index (κ3) is 4.57. The predicted octanol–water partition coefficient (Wildman–Crippen LogP) is 1.35. The molecular formula is C14H21ClN2O4S. The van der Waals surface area contributed by atoms with Gasteiger partial charge in [-0.2, -0.15) is 0 Å². The molecule has 1 aromatic rings. The number of hydrogen-bond acceptors (Lipinski definition) is 5. The summed E-state index contributed by atoms with van der Waals surface area (Å²) in [6.45, 7) is 2.69. The van der Waals surface area contributed by atoms with E-state index in [0.717, 1.165) is 13.1 Å². The Labute approximate surface area is 136 Å². The number of methoxy groups -OCH3 is 1. The minimum absolute atomic E-state index is 0.0442. The number of rotatable bonds is 6. The van der Waals surface area contributed by atoms with Crippen LogP contribution in [0.3, 0.4) is 0 Å². The maximum atomic E-state index is 12.4. The third-order valence-electron chi connectivity index (χ3n) is 3.52. The molecule has 2 rings (SSSR count). The Morgan fingerprint density at radius 3 is 2.95 bits per heavy atom. The Hall–Kier alpha value is -0.860. The normalized spacial score (nSPS) is 20.0. The van der Waals surface area contributed by atoms with Crippen LogP contribution in [-0.2, 0) is 14.8 Å². The molecule has 0 amide bonds. The van der Waals surface area contributed by atoms with Gasteiger partial charge in [-0.05, 0) is 31.7 Å². The summed E-state index contributed by atoms with van der Waals surface area (Å²) in [6, 6.07) is 4.51. The van der Waals surface area contributed by atoms with E-state index in [1.54, 1.807) is 6.07 Å². The molecule has 1 saturated heterocycles. The van der Waals surface area contributed by atoms with Crippen molar-refractivity contribution < 1.29 is 17.9 Å². The van der Waals surface area contributed by atoms with Gasteiger partial charge in [0.25, 0.3) is 0 Å². The summed E-state index contributed by atoms with van der Waals surface area (Å²) in [5.41, 5.74) is 0. The van der Waals surface area contributed by atoms with E-state index < -0.39 is 10.0 Å². The molecule has 0 spiro atoms. The van der Waals surface area contributed by atoms with Crippen LogP contribution in [0.5, 0.6) is 5.75 Å². The van der Waals surface area contributed by atoms with Gasteiger partial charge in [0, 0.05) is 24.7 Å². The first-order chi connectivity index (χ1) is 10.4. The second-order valence-electron chi connectivity index (χ2n) is 5.24. The summed E-state index contributed by atoms with van der Waals surface area (Å²) in [5, 5.41) is 0.346. The molecule has 0 aliphatic carbocycles. The molecule has 1 aromatic carbocycles. The van der Waals surface area contributed by atoms with E-state index in [4.69, 9.17) is 21.1 Å². The monoisotopic (exact) mass is 348 g/mol. The molecule has 1 fully saturated rings. The second-order valence-corrected chi connectivity index (χ2v) is 7.41. The van der Waals surface area contributed by atoms with Crippen molar-refractivity contribution in [2.45, 2.75) is 17.4 Å². The van der Waals surface area contributed by atoms with Gasteiger partial charge in [0.05, 0.1) is 19.8 Å². The van der Waals surface area contributed by atoms with Crippen molar-refractivity contribution >= 4 is 21.6 Å². The molecule has 124 valence electrons. The largest absolute Gasteiger partial charge is 0.495 e. The lowest BCUT2D eigenvalue weighted by atomic mass is 10.2. The highest BCUT2D eigenvalue weighted by Gasteiger charge is 2.22. The number of benzene rings is 1. The van der Waals surface area contributed by atoms with Crippen LogP contribution < -0.4 is 9.46 Å². The Morgan fingerprint density at radius 1 is 1.50 bits per heavy atom. The number of sulfonamides is 1. The summed E-state index contributed by atoms with van der Waals surface area (Å²) in [6.07, 6.45) is 0.662. The Balaban J connectivity index is 1.98. The van der Waals surface area contributed by atoms with Crippen molar-refractivity contribution in [1.29, 1.82) is 0 Å². The molecule has 0 saturated carbocycles. The molecule has 8 heteroatoms. The first kappa shape index (κ1) is 17.5. The maximum Gasteiger partial charge on any atom is 0.244 e. The van der Waals surface area contributed by atoms with E-state index in [-0.39, 0.29) is 16.7 Å². The highest BCUT2D eigenvalue weighted by Crippen LogP contribution is 2.26. The second kappa shape index (κ2) is 7.61. The molecule has 1 unspecified atom stereocenters. The molecule has 1 aliphatic rings. The van der Waals surface area contributed by atoms with Crippen LogP contribution in [0.15, 0.2) is 23.1 Å². The summed E-state index contributed by atoms with van der Waals surface area (Å²) < 4.78 is 38.0. The fourth-order valence-electron chi connectivity index (χ4n) is 2.33. The average molecular weight is 349 g/mol. The van der Waals surface area contributed by atoms with Gasteiger partial charge in [-0.25, -0.2) is 13.1 Å².